The van der Waals surface area contributed by atoms with Crippen molar-refractivity contribution in [2.75, 3.05) is 5.32 Å². The third kappa shape index (κ3) is 1.91. The summed E-state index contributed by atoms with van der Waals surface area (Å²) in [6.45, 7) is 1.73. The van der Waals surface area contributed by atoms with Crippen LogP contribution in [0.25, 0.3) is 0 Å². The first-order chi connectivity index (χ1) is 7.68. The third-order valence-corrected chi connectivity index (χ3v) is 2.30. The van der Waals surface area contributed by atoms with Crippen molar-refractivity contribution in [2.45, 2.75) is 6.92 Å². The summed E-state index contributed by atoms with van der Waals surface area (Å²) in [5, 5.41) is 12.1. The van der Waals surface area contributed by atoms with Gasteiger partial charge >= 0.3 is 0 Å². The largest absolute Gasteiger partial charge is 0.508 e. The van der Waals surface area contributed by atoms with Gasteiger partial charge in [0, 0.05) is 11.3 Å². The fourth-order valence-corrected chi connectivity index (χ4v) is 1.35. The number of hydrogen-bond donors (Lipinski definition) is 2. The van der Waals surface area contributed by atoms with E-state index in [2.05, 4.69) is 5.32 Å². The van der Waals surface area contributed by atoms with Crippen molar-refractivity contribution in [3.63, 3.8) is 0 Å². The molecule has 1 aromatic heterocycles. The van der Waals surface area contributed by atoms with Crippen LogP contribution >= 0.6 is 0 Å². The van der Waals surface area contributed by atoms with E-state index >= 15 is 0 Å². The zero-order valence-corrected chi connectivity index (χ0v) is 8.73. The molecule has 0 radical (unpaired) electrons. The highest BCUT2D eigenvalue weighted by atomic mass is 16.3. The standard InChI is InChI=1S/C12H11NO3/c1-8-9(4-2-5-10(8)14)13-12(15)11-6-3-7-16-11/h2-7,14H,1H3,(H,13,15). The molecule has 16 heavy (non-hydrogen) atoms. The van der Waals surface area contributed by atoms with Crippen LogP contribution in [0.5, 0.6) is 5.75 Å². The van der Waals surface area contributed by atoms with Crippen molar-refractivity contribution in [2.24, 2.45) is 0 Å². The molecule has 82 valence electrons. The lowest BCUT2D eigenvalue weighted by Gasteiger charge is -2.07. The lowest BCUT2D eigenvalue weighted by molar-refractivity contribution is 0.0996. The van der Waals surface area contributed by atoms with E-state index in [-0.39, 0.29) is 17.4 Å². The van der Waals surface area contributed by atoms with E-state index in [0.717, 1.165) is 0 Å². The minimum Gasteiger partial charge on any atom is -0.508 e. The highest BCUT2D eigenvalue weighted by Gasteiger charge is 2.10. The fraction of sp³-hybridized carbons (Fsp3) is 0.0833. The van der Waals surface area contributed by atoms with Gasteiger partial charge in [0.2, 0.25) is 0 Å². The first kappa shape index (κ1) is 10.3. The number of amides is 1. The van der Waals surface area contributed by atoms with E-state index in [0.29, 0.717) is 11.3 Å². The molecule has 1 amide bonds. The first-order valence-corrected chi connectivity index (χ1v) is 4.82. The summed E-state index contributed by atoms with van der Waals surface area (Å²) >= 11 is 0. The minimum absolute atomic E-state index is 0.150. The molecule has 0 saturated heterocycles. The number of phenols is 1. The van der Waals surface area contributed by atoms with Gasteiger partial charge in [0.15, 0.2) is 5.76 Å². The van der Waals surface area contributed by atoms with E-state index in [4.69, 9.17) is 4.42 Å². The third-order valence-electron chi connectivity index (χ3n) is 2.30. The zero-order chi connectivity index (χ0) is 11.5. The van der Waals surface area contributed by atoms with E-state index in [9.17, 15) is 9.90 Å². The van der Waals surface area contributed by atoms with E-state index in [1.54, 1.807) is 37.3 Å². The summed E-state index contributed by atoms with van der Waals surface area (Å²) in [5.41, 5.74) is 1.20. The molecule has 0 spiro atoms. The molecule has 0 unspecified atom stereocenters. The summed E-state index contributed by atoms with van der Waals surface area (Å²) in [5.74, 6) is 0.0543. The van der Waals surface area contributed by atoms with Gasteiger partial charge in [0.25, 0.3) is 5.91 Å². The van der Waals surface area contributed by atoms with Crippen molar-refractivity contribution in [3.8, 4) is 5.75 Å². The quantitative estimate of drug-likeness (QED) is 0.812. The summed E-state index contributed by atoms with van der Waals surface area (Å²) < 4.78 is 4.96. The fourth-order valence-electron chi connectivity index (χ4n) is 1.35. The Morgan fingerprint density at radius 3 is 2.81 bits per heavy atom. The van der Waals surface area contributed by atoms with Crippen LogP contribution in [0.15, 0.2) is 41.0 Å². The normalized spacial score (nSPS) is 10.1. The second-order valence-corrected chi connectivity index (χ2v) is 3.38. The molecule has 2 aromatic rings. The number of phenolic OH excluding ortho intramolecular Hbond substituents is 1. The number of hydrogen-bond acceptors (Lipinski definition) is 3. The highest BCUT2D eigenvalue weighted by molar-refractivity contribution is 6.02. The number of carbonyl (C=O) groups is 1. The molecule has 4 nitrogen and oxygen atoms in total. The molecule has 1 aromatic carbocycles. The van der Waals surface area contributed by atoms with E-state index < -0.39 is 0 Å². The monoisotopic (exact) mass is 217 g/mol. The van der Waals surface area contributed by atoms with Crippen LogP contribution in [0.1, 0.15) is 16.1 Å². The van der Waals surface area contributed by atoms with Crippen LogP contribution in [0.2, 0.25) is 0 Å². The SMILES string of the molecule is Cc1c(O)cccc1NC(=O)c1ccco1. The molecule has 0 bridgehead atoms. The lowest BCUT2D eigenvalue weighted by Crippen LogP contribution is -2.11. The van der Waals surface area contributed by atoms with Crippen LogP contribution in [-0.2, 0) is 0 Å². The summed E-state index contributed by atoms with van der Waals surface area (Å²) in [6.07, 6.45) is 1.43. The van der Waals surface area contributed by atoms with Crippen molar-refractivity contribution in [3.05, 3.63) is 47.9 Å². The van der Waals surface area contributed by atoms with Gasteiger partial charge in [0.05, 0.1) is 6.26 Å². The van der Waals surface area contributed by atoms with Gasteiger partial charge in [-0.25, -0.2) is 0 Å². The van der Waals surface area contributed by atoms with Gasteiger partial charge in [-0.15, -0.1) is 0 Å². The Kier molecular flexibility index (Phi) is 2.64. The molecule has 0 atom stereocenters. The summed E-state index contributed by atoms with van der Waals surface area (Å²) in [4.78, 5) is 11.7. The Morgan fingerprint density at radius 1 is 1.31 bits per heavy atom. The Bertz CT molecular complexity index is 503. The smallest absolute Gasteiger partial charge is 0.291 e. The second kappa shape index (κ2) is 4.10. The van der Waals surface area contributed by atoms with Gasteiger partial charge < -0.3 is 14.8 Å². The average Bonchev–Trinajstić information content (AvgIpc) is 2.78. The molecule has 1 heterocycles. The number of carbonyl (C=O) groups excluding carboxylic acids is 1. The maximum Gasteiger partial charge on any atom is 0.291 e. The van der Waals surface area contributed by atoms with Crippen molar-refractivity contribution < 1.29 is 14.3 Å². The molecule has 0 saturated carbocycles. The molecule has 0 aliphatic heterocycles. The van der Waals surface area contributed by atoms with Crippen molar-refractivity contribution in [1.29, 1.82) is 0 Å². The second-order valence-electron chi connectivity index (χ2n) is 3.38. The predicted molar refractivity (Wildman–Crippen MR) is 59.5 cm³/mol. The molecule has 0 aliphatic carbocycles. The van der Waals surface area contributed by atoms with Crippen molar-refractivity contribution >= 4 is 11.6 Å². The molecular weight excluding hydrogens is 206 g/mol. The molecule has 0 aliphatic rings. The Hall–Kier alpha value is -2.23. The van der Waals surface area contributed by atoms with Gasteiger partial charge in [0.1, 0.15) is 5.75 Å². The average molecular weight is 217 g/mol. The number of nitrogens with one attached hydrogen (secondary N) is 1. The first-order valence-electron chi connectivity index (χ1n) is 4.82. The van der Waals surface area contributed by atoms with Crippen molar-refractivity contribution in [1.82, 2.24) is 0 Å². The Morgan fingerprint density at radius 2 is 2.12 bits per heavy atom. The maximum absolute atomic E-state index is 11.7. The van der Waals surface area contributed by atoms with Crippen LogP contribution in [0.4, 0.5) is 5.69 Å². The van der Waals surface area contributed by atoms with Crippen LogP contribution in [0.3, 0.4) is 0 Å². The predicted octanol–water partition coefficient (Wildman–Crippen LogP) is 2.55. The molecule has 4 heteroatoms. The summed E-state index contributed by atoms with van der Waals surface area (Å²) in [7, 11) is 0. The number of rotatable bonds is 2. The topological polar surface area (TPSA) is 62.5 Å². The number of aromatic hydroxyl groups is 1. The van der Waals surface area contributed by atoms with Crippen LogP contribution in [-0.4, -0.2) is 11.0 Å². The Labute approximate surface area is 92.5 Å². The number of anilines is 1. The maximum atomic E-state index is 11.7. The van der Waals surface area contributed by atoms with Gasteiger partial charge in [-0.3, -0.25) is 4.79 Å². The van der Waals surface area contributed by atoms with E-state index in [1.807, 2.05) is 0 Å². The highest BCUT2D eigenvalue weighted by Crippen LogP contribution is 2.24. The molecule has 2 rings (SSSR count). The van der Waals surface area contributed by atoms with Gasteiger partial charge in [-0.2, -0.15) is 0 Å². The van der Waals surface area contributed by atoms with E-state index in [1.165, 1.54) is 6.26 Å². The lowest BCUT2D eigenvalue weighted by atomic mass is 10.2. The number of benzene rings is 1. The number of furan rings is 1. The summed E-state index contributed by atoms with van der Waals surface area (Å²) in [6, 6.07) is 8.17. The molecule has 0 fully saturated rings. The Balaban J connectivity index is 2.22. The molecule has 2 N–H and O–H groups in total. The van der Waals surface area contributed by atoms with Gasteiger partial charge in [-0.1, -0.05) is 6.07 Å². The zero-order valence-electron chi connectivity index (χ0n) is 8.73. The minimum atomic E-state index is -0.335. The van der Waals surface area contributed by atoms with Crippen LogP contribution in [0, 0.1) is 6.92 Å². The van der Waals surface area contributed by atoms with Gasteiger partial charge in [-0.05, 0) is 31.2 Å². The van der Waals surface area contributed by atoms with Crippen LogP contribution < -0.4 is 5.32 Å². The molecular formula is C12H11NO3.